The lowest BCUT2D eigenvalue weighted by atomic mass is 10.0. The van der Waals surface area contributed by atoms with Crippen LogP contribution in [0.3, 0.4) is 0 Å². The van der Waals surface area contributed by atoms with Crippen molar-refractivity contribution in [3.05, 3.63) is 34.9 Å². The third-order valence-corrected chi connectivity index (χ3v) is 2.76. The quantitative estimate of drug-likeness (QED) is 0.773. The largest absolute Gasteiger partial charge is 0.388 e. The summed E-state index contributed by atoms with van der Waals surface area (Å²) in [6.45, 7) is 4.09. The Bertz CT molecular complexity index is 271. The van der Waals surface area contributed by atoms with Crippen LogP contribution in [0.4, 0.5) is 0 Å². The van der Waals surface area contributed by atoms with E-state index in [2.05, 4.69) is 28.9 Å². The van der Waals surface area contributed by atoms with E-state index in [4.69, 9.17) is 0 Å². The molecule has 1 unspecified atom stereocenters. The highest BCUT2D eigenvalue weighted by Crippen LogP contribution is 2.21. The molecule has 1 aromatic rings. The number of halogens is 1. The van der Waals surface area contributed by atoms with Gasteiger partial charge in [0.1, 0.15) is 0 Å². The summed E-state index contributed by atoms with van der Waals surface area (Å²) >= 11 is 3.26. The van der Waals surface area contributed by atoms with E-state index in [1.807, 2.05) is 19.1 Å². The van der Waals surface area contributed by atoms with Crippen molar-refractivity contribution in [1.29, 1.82) is 0 Å². The minimum atomic E-state index is -0.384. The number of aliphatic hydroxyl groups excluding tert-OH is 1. The van der Waals surface area contributed by atoms with Gasteiger partial charge in [0, 0.05) is 5.33 Å². The first-order chi connectivity index (χ1) is 5.66. The van der Waals surface area contributed by atoms with Gasteiger partial charge < -0.3 is 5.11 Å². The van der Waals surface area contributed by atoms with Crippen LogP contribution >= 0.6 is 15.9 Å². The van der Waals surface area contributed by atoms with E-state index in [1.165, 1.54) is 11.1 Å². The molecule has 0 bridgehead atoms. The minimum Gasteiger partial charge on any atom is -0.388 e. The molecule has 1 N–H and O–H groups in total. The first-order valence-electron chi connectivity index (χ1n) is 3.97. The monoisotopic (exact) mass is 228 g/mol. The SMILES string of the molecule is Cc1cccc(C(O)CBr)c1C. The highest BCUT2D eigenvalue weighted by atomic mass is 79.9. The van der Waals surface area contributed by atoms with Crippen LogP contribution in [-0.2, 0) is 0 Å². The molecule has 1 nitrogen and oxygen atoms in total. The van der Waals surface area contributed by atoms with Crippen molar-refractivity contribution in [2.24, 2.45) is 0 Å². The molecule has 0 saturated heterocycles. The molecule has 0 aromatic heterocycles. The van der Waals surface area contributed by atoms with Crippen LogP contribution in [-0.4, -0.2) is 10.4 Å². The molecule has 2 heteroatoms. The lowest BCUT2D eigenvalue weighted by molar-refractivity contribution is 0.204. The van der Waals surface area contributed by atoms with Gasteiger partial charge in [-0.05, 0) is 30.5 Å². The summed E-state index contributed by atoms with van der Waals surface area (Å²) in [5.41, 5.74) is 3.43. The summed E-state index contributed by atoms with van der Waals surface area (Å²) in [5.74, 6) is 0. The van der Waals surface area contributed by atoms with Gasteiger partial charge in [-0.25, -0.2) is 0 Å². The Labute approximate surface area is 81.6 Å². The molecule has 0 radical (unpaired) electrons. The third kappa shape index (κ3) is 1.87. The molecule has 0 amide bonds. The van der Waals surface area contributed by atoms with Gasteiger partial charge in [0.15, 0.2) is 0 Å². The van der Waals surface area contributed by atoms with Crippen LogP contribution in [0.5, 0.6) is 0 Å². The molecule has 0 spiro atoms. The zero-order valence-electron chi connectivity index (χ0n) is 7.34. The maximum Gasteiger partial charge on any atom is 0.0889 e. The molecule has 12 heavy (non-hydrogen) atoms. The molecule has 66 valence electrons. The van der Waals surface area contributed by atoms with Gasteiger partial charge >= 0.3 is 0 Å². The molecule has 1 rings (SSSR count). The van der Waals surface area contributed by atoms with Gasteiger partial charge in [0.25, 0.3) is 0 Å². The molecule has 1 aromatic carbocycles. The first kappa shape index (κ1) is 9.75. The summed E-state index contributed by atoms with van der Waals surface area (Å²) in [7, 11) is 0. The van der Waals surface area contributed by atoms with Gasteiger partial charge in [0.2, 0.25) is 0 Å². The highest BCUT2D eigenvalue weighted by Gasteiger charge is 2.08. The van der Waals surface area contributed by atoms with Crippen LogP contribution in [0.2, 0.25) is 0 Å². The molecular weight excluding hydrogens is 216 g/mol. The predicted molar refractivity (Wildman–Crippen MR) is 54.7 cm³/mol. The van der Waals surface area contributed by atoms with Gasteiger partial charge in [-0.1, -0.05) is 34.1 Å². The number of aryl methyl sites for hydroxylation is 1. The van der Waals surface area contributed by atoms with Crippen molar-refractivity contribution in [2.45, 2.75) is 20.0 Å². The fourth-order valence-electron chi connectivity index (χ4n) is 1.22. The molecule has 1 atom stereocenters. The number of alkyl halides is 1. The zero-order chi connectivity index (χ0) is 9.14. The smallest absolute Gasteiger partial charge is 0.0889 e. The third-order valence-electron chi connectivity index (χ3n) is 2.15. The Morgan fingerprint density at radius 2 is 2.08 bits per heavy atom. The van der Waals surface area contributed by atoms with Gasteiger partial charge in [-0.15, -0.1) is 0 Å². The van der Waals surface area contributed by atoms with Crippen LogP contribution in [0, 0.1) is 13.8 Å². The number of hydrogen-bond acceptors (Lipinski definition) is 1. The second-order valence-electron chi connectivity index (χ2n) is 2.96. The fourth-order valence-corrected chi connectivity index (χ4v) is 1.57. The first-order valence-corrected chi connectivity index (χ1v) is 5.09. The van der Waals surface area contributed by atoms with Crippen molar-refractivity contribution < 1.29 is 5.11 Å². The molecule has 0 heterocycles. The Hall–Kier alpha value is -0.340. The summed E-state index contributed by atoms with van der Waals surface area (Å²) in [4.78, 5) is 0. The Kier molecular flexibility index (Phi) is 3.29. The van der Waals surface area contributed by atoms with Crippen LogP contribution < -0.4 is 0 Å². The van der Waals surface area contributed by atoms with Crippen LogP contribution in [0.25, 0.3) is 0 Å². The van der Waals surface area contributed by atoms with Crippen molar-refractivity contribution in [1.82, 2.24) is 0 Å². The number of benzene rings is 1. The van der Waals surface area contributed by atoms with E-state index < -0.39 is 0 Å². The molecule has 0 aliphatic heterocycles. The summed E-state index contributed by atoms with van der Waals surface area (Å²) in [5, 5.41) is 10.2. The van der Waals surface area contributed by atoms with E-state index in [9.17, 15) is 5.11 Å². The molecule has 0 fully saturated rings. The lowest BCUT2D eigenvalue weighted by Gasteiger charge is -2.12. The predicted octanol–water partition coefficient (Wildman–Crippen LogP) is 2.73. The van der Waals surface area contributed by atoms with Crippen molar-refractivity contribution in [3.63, 3.8) is 0 Å². The van der Waals surface area contributed by atoms with Gasteiger partial charge in [0.05, 0.1) is 6.10 Å². The maximum absolute atomic E-state index is 9.59. The summed E-state index contributed by atoms with van der Waals surface area (Å²) in [6.07, 6.45) is -0.384. The second kappa shape index (κ2) is 4.06. The summed E-state index contributed by atoms with van der Waals surface area (Å²) in [6, 6.07) is 6.00. The fraction of sp³-hybridized carbons (Fsp3) is 0.400. The number of hydrogen-bond donors (Lipinski definition) is 1. The topological polar surface area (TPSA) is 20.2 Å². The Balaban J connectivity index is 3.07. The zero-order valence-corrected chi connectivity index (χ0v) is 8.93. The second-order valence-corrected chi connectivity index (χ2v) is 3.61. The van der Waals surface area contributed by atoms with Crippen molar-refractivity contribution >= 4 is 15.9 Å². The van der Waals surface area contributed by atoms with Crippen LogP contribution in [0.1, 0.15) is 22.8 Å². The molecule has 0 aliphatic rings. The normalized spacial score (nSPS) is 13.0. The van der Waals surface area contributed by atoms with Crippen LogP contribution in [0.15, 0.2) is 18.2 Å². The lowest BCUT2D eigenvalue weighted by Crippen LogP contribution is -2.01. The van der Waals surface area contributed by atoms with Crippen molar-refractivity contribution in [3.8, 4) is 0 Å². The minimum absolute atomic E-state index is 0.384. The van der Waals surface area contributed by atoms with Gasteiger partial charge in [-0.3, -0.25) is 0 Å². The van der Waals surface area contributed by atoms with Gasteiger partial charge in [-0.2, -0.15) is 0 Å². The van der Waals surface area contributed by atoms with Crippen molar-refractivity contribution in [2.75, 3.05) is 5.33 Å². The van der Waals surface area contributed by atoms with E-state index in [1.54, 1.807) is 0 Å². The highest BCUT2D eigenvalue weighted by molar-refractivity contribution is 9.09. The molecule has 0 saturated carbocycles. The maximum atomic E-state index is 9.59. The number of rotatable bonds is 2. The van der Waals surface area contributed by atoms with E-state index in [0.717, 1.165) is 5.56 Å². The van der Waals surface area contributed by atoms with E-state index >= 15 is 0 Å². The Morgan fingerprint density at radius 1 is 1.42 bits per heavy atom. The standard InChI is InChI=1S/C10H13BrO/c1-7-4-3-5-9(8(7)2)10(12)6-11/h3-5,10,12H,6H2,1-2H3. The number of aliphatic hydroxyl groups is 1. The molecular formula is C10H13BrO. The average Bonchev–Trinajstić information content (AvgIpc) is 2.08. The van der Waals surface area contributed by atoms with E-state index in [-0.39, 0.29) is 6.10 Å². The average molecular weight is 229 g/mol. The van der Waals surface area contributed by atoms with E-state index in [0.29, 0.717) is 5.33 Å². The summed E-state index contributed by atoms with van der Waals surface area (Å²) < 4.78 is 0. The molecule has 0 aliphatic carbocycles. The Morgan fingerprint density at radius 3 is 2.67 bits per heavy atom.